The van der Waals surface area contributed by atoms with Crippen molar-refractivity contribution in [1.29, 1.82) is 0 Å². The molecule has 0 saturated heterocycles. The van der Waals surface area contributed by atoms with E-state index < -0.39 is 0 Å². The summed E-state index contributed by atoms with van der Waals surface area (Å²) < 4.78 is 0. The summed E-state index contributed by atoms with van der Waals surface area (Å²) in [6.07, 6.45) is 3.88. The number of hydrogen-bond acceptors (Lipinski definition) is 3. The molecule has 3 rings (SSSR count). The molecular formula is C28H33N3O2. The molecule has 0 spiro atoms. The Morgan fingerprint density at radius 3 is 2.12 bits per heavy atom. The average Bonchev–Trinajstić information content (AvgIpc) is 2.78. The number of hydrazone groups is 1. The van der Waals surface area contributed by atoms with Crippen molar-refractivity contribution in [2.24, 2.45) is 11.0 Å². The van der Waals surface area contributed by atoms with E-state index in [4.69, 9.17) is 0 Å². The normalized spacial score (nSPS) is 17.3. The minimum atomic E-state index is -0.289. The van der Waals surface area contributed by atoms with Crippen LogP contribution < -0.4 is 10.7 Å². The van der Waals surface area contributed by atoms with Crippen LogP contribution in [0, 0.1) is 5.92 Å². The molecular weight excluding hydrogens is 410 g/mol. The first kappa shape index (κ1) is 24.2. The van der Waals surface area contributed by atoms with Crippen LogP contribution in [0.2, 0.25) is 0 Å². The van der Waals surface area contributed by atoms with E-state index in [1.54, 1.807) is 24.3 Å². The van der Waals surface area contributed by atoms with Crippen LogP contribution in [-0.2, 0) is 5.41 Å². The lowest BCUT2D eigenvalue weighted by molar-refractivity contribution is 0.0954. The van der Waals surface area contributed by atoms with Gasteiger partial charge in [0.2, 0.25) is 0 Å². The Hall–Kier alpha value is -3.47. The Morgan fingerprint density at radius 2 is 1.55 bits per heavy atom. The van der Waals surface area contributed by atoms with Crippen LogP contribution in [0.15, 0.2) is 77.4 Å². The van der Waals surface area contributed by atoms with E-state index in [1.807, 2.05) is 38.1 Å². The Kier molecular flexibility index (Phi) is 7.32. The quantitative estimate of drug-likeness (QED) is 0.423. The summed E-state index contributed by atoms with van der Waals surface area (Å²) >= 11 is 0. The van der Waals surface area contributed by atoms with E-state index in [1.165, 1.54) is 5.56 Å². The minimum Gasteiger partial charge on any atom is -0.322 e. The van der Waals surface area contributed by atoms with Crippen molar-refractivity contribution in [3.8, 4) is 0 Å². The van der Waals surface area contributed by atoms with E-state index in [0.717, 1.165) is 29.7 Å². The molecule has 2 amide bonds. The van der Waals surface area contributed by atoms with Crippen molar-refractivity contribution in [3.63, 3.8) is 0 Å². The van der Waals surface area contributed by atoms with Gasteiger partial charge < -0.3 is 5.32 Å². The smallest absolute Gasteiger partial charge is 0.271 e. The number of benzene rings is 2. The third-order valence-corrected chi connectivity index (χ3v) is 6.01. The van der Waals surface area contributed by atoms with Crippen LogP contribution in [0.5, 0.6) is 0 Å². The fourth-order valence-electron chi connectivity index (χ4n) is 3.64. The predicted molar refractivity (Wildman–Crippen MR) is 136 cm³/mol. The molecule has 5 heteroatoms. The molecule has 2 aromatic rings. The van der Waals surface area contributed by atoms with Gasteiger partial charge in [0, 0.05) is 16.8 Å². The van der Waals surface area contributed by atoms with Gasteiger partial charge in [0.25, 0.3) is 11.8 Å². The zero-order valence-corrected chi connectivity index (χ0v) is 20.2. The SMILES string of the molecule is C=C(C)[C@H]1CC=C(C)C(=NNC(=O)c2ccc(NC(=O)c3ccc(C(C)(C)C)cc3)cc2)C1. The molecule has 2 aromatic carbocycles. The summed E-state index contributed by atoms with van der Waals surface area (Å²) in [4.78, 5) is 25.1. The number of amides is 2. The number of rotatable bonds is 5. The molecule has 1 atom stereocenters. The standard InChI is InChI=1S/C28H33N3O2/c1-18(2)22-8-7-19(3)25(17-22)30-31-27(33)21-11-15-24(16-12-21)29-26(32)20-9-13-23(14-10-20)28(4,5)6/h7,9-16,22H,1,8,17H2,2-6H3,(H,29,32)(H,31,33)/t22-/m0/s1. The summed E-state index contributed by atoms with van der Waals surface area (Å²) in [6, 6.07) is 14.4. The lowest BCUT2D eigenvalue weighted by atomic mass is 9.85. The third-order valence-electron chi connectivity index (χ3n) is 6.01. The number of carbonyl (C=O) groups is 2. The maximum absolute atomic E-state index is 12.6. The van der Waals surface area contributed by atoms with Gasteiger partial charge in [-0.05, 0) is 85.6 Å². The molecule has 33 heavy (non-hydrogen) atoms. The highest BCUT2D eigenvalue weighted by Gasteiger charge is 2.19. The van der Waals surface area contributed by atoms with Gasteiger partial charge >= 0.3 is 0 Å². The molecule has 0 saturated carbocycles. The molecule has 0 radical (unpaired) electrons. The van der Waals surface area contributed by atoms with Crippen molar-refractivity contribution in [3.05, 3.63) is 89.0 Å². The van der Waals surface area contributed by atoms with Crippen molar-refractivity contribution in [2.75, 3.05) is 5.32 Å². The van der Waals surface area contributed by atoms with Crippen LogP contribution in [0.3, 0.4) is 0 Å². The second kappa shape index (κ2) is 9.99. The van der Waals surface area contributed by atoms with Crippen molar-refractivity contribution in [2.45, 2.75) is 52.9 Å². The van der Waals surface area contributed by atoms with E-state index in [9.17, 15) is 9.59 Å². The van der Waals surface area contributed by atoms with Crippen molar-refractivity contribution < 1.29 is 9.59 Å². The Morgan fingerprint density at radius 1 is 0.970 bits per heavy atom. The lowest BCUT2D eigenvalue weighted by Crippen LogP contribution is -2.23. The van der Waals surface area contributed by atoms with Gasteiger partial charge in [0.15, 0.2) is 0 Å². The lowest BCUT2D eigenvalue weighted by Gasteiger charge is -2.22. The third kappa shape index (κ3) is 6.28. The first-order valence-electron chi connectivity index (χ1n) is 11.3. The van der Waals surface area contributed by atoms with Gasteiger partial charge in [-0.1, -0.05) is 51.1 Å². The summed E-state index contributed by atoms with van der Waals surface area (Å²) in [6.45, 7) is 14.5. The molecule has 0 heterocycles. The summed E-state index contributed by atoms with van der Waals surface area (Å²) in [5, 5.41) is 7.22. The molecule has 2 N–H and O–H groups in total. The van der Waals surface area contributed by atoms with Crippen molar-refractivity contribution in [1.82, 2.24) is 5.43 Å². The van der Waals surface area contributed by atoms with Crippen LogP contribution >= 0.6 is 0 Å². The second-order valence-electron chi connectivity index (χ2n) is 9.73. The highest BCUT2D eigenvalue weighted by molar-refractivity contribution is 6.05. The Bertz CT molecular complexity index is 1100. The molecule has 1 aliphatic carbocycles. The number of anilines is 1. The van der Waals surface area contributed by atoms with Gasteiger partial charge in [0.05, 0.1) is 5.71 Å². The van der Waals surface area contributed by atoms with Gasteiger partial charge in [-0.2, -0.15) is 5.10 Å². The van der Waals surface area contributed by atoms with Gasteiger partial charge in [-0.25, -0.2) is 5.43 Å². The van der Waals surface area contributed by atoms with E-state index >= 15 is 0 Å². The van der Waals surface area contributed by atoms with Crippen LogP contribution in [0.4, 0.5) is 5.69 Å². The van der Waals surface area contributed by atoms with Gasteiger partial charge in [0.1, 0.15) is 0 Å². The average molecular weight is 444 g/mol. The zero-order valence-electron chi connectivity index (χ0n) is 20.2. The molecule has 0 aliphatic heterocycles. The topological polar surface area (TPSA) is 70.6 Å². The number of carbonyl (C=O) groups excluding carboxylic acids is 2. The van der Waals surface area contributed by atoms with Crippen LogP contribution in [-0.4, -0.2) is 17.5 Å². The van der Waals surface area contributed by atoms with E-state index in [2.05, 4.69) is 49.3 Å². The number of nitrogens with zero attached hydrogens (tertiary/aromatic N) is 1. The van der Waals surface area contributed by atoms with Crippen LogP contribution in [0.25, 0.3) is 0 Å². The summed E-state index contributed by atoms with van der Waals surface area (Å²) in [5.41, 5.74) is 8.64. The van der Waals surface area contributed by atoms with E-state index in [-0.39, 0.29) is 17.2 Å². The molecule has 0 aromatic heterocycles. The largest absolute Gasteiger partial charge is 0.322 e. The van der Waals surface area contributed by atoms with Gasteiger partial charge in [-0.15, -0.1) is 0 Å². The number of allylic oxidation sites excluding steroid dienone is 3. The molecule has 172 valence electrons. The Labute approximate surface area is 196 Å². The maximum Gasteiger partial charge on any atom is 0.271 e. The molecule has 1 aliphatic rings. The monoisotopic (exact) mass is 443 g/mol. The number of hydrogen-bond donors (Lipinski definition) is 2. The van der Waals surface area contributed by atoms with Crippen molar-refractivity contribution >= 4 is 23.2 Å². The van der Waals surface area contributed by atoms with E-state index in [0.29, 0.717) is 22.7 Å². The van der Waals surface area contributed by atoms with Crippen LogP contribution in [0.1, 0.15) is 73.7 Å². The molecule has 0 bridgehead atoms. The number of nitrogens with one attached hydrogen (secondary N) is 2. The first-order valence-corrected chi connectivity index (χ1v) is 11.3. The fraction of sp³-hybridized carbons (Fsp3) is 0.321. The summed E-state index contributed by atoms with van der Waals surface area (Å²) in [5.74, 6) is -0.119. The second-order valence-corrected chi connectivity index (χ2v) is 9.73. The maximum atomic E-state index is 12.6. The van der Waals surface area contributed by atoms with Gasteiger partial charge in [-0.3, -0.25) is 9.59 Å². The fourth-order valence-corrected chi connectivity index (χ4v) is 3.64. The minimum absolute atomic E-state index is 0.0362. The highest BCUT2D eigenvalue weighted by Crippen LogP contribution is 2.26. The first-order chi connectivity index (χ1) is 15.5. The summed E-state index contributed by atoms with van der Waals surface area (Å²) in [7, 11) is 0. The predicted octanol–water partition coefficient (Wildman–Crippen LogP) is 6.25. The Balaban J connectivity index is 1.61. The highest BCUT2D eigenvalue weighted by atomic mass is 16.2. The molecule has 5 nitrogen and oxygen atoms in total. The zero-order chi connectivity index (χ0) is 24.2. The molecule has 0 unspecified atom stereocenters. The molecule has 0 fully saturated rings.